The van der Waals surface area contributed by atoms with Crippen molar-refractivity contribution < 1.29 is 9.26 Å². The highest BCUT2D eigenvalue weighted by molar-refractivity contribution is 5.36. The topological polar surface area (TPSA) is 51.4 Å². The van der Waals surface area contributed by atoms with Gasteiger partial charge >= 0.3 is 0 Å². The Kier molecular flexibility index (Phi) is 4.43. The molecule has 2 heterocycles. The molecule has 1 aromatic carbocycles. The van der Waals surface area contributed by atoms with Crippen LogP contribution in [0.2, 0.25) is 0 Å². The van der Waals surface area contributed by atoms with Gasteiger partial charge in [0.1, 0.15) is 5.75 Å². The predicted molar refractivity (Wildman–Crippen MR) is 83.6 cm³/mol. The summed E-state index contributed by atoms with van der Waals surface area (Å²) >= 11 is 0. The van der Waals surface area contributed by atoms with Crippen molar-refractivity contribution >= 4 is 0 Å². The van der Waals surface area contributed by atoms with Crippen LogP contribution in [-0.2, 0) is 6.54 Å². The number of likely N-dealkylation sites (tertiary alicyclic amines) is 1. The molecule has 5 heteroatoms. The molecule has 118 valence electrons. The van der Waals surface area contributed by atoms with Crippen LogP contribution in [0.15, 0.2) is 28.8 Å². The molecule has 0 saturated carbocycles. The van der Waals surface area contributed by atoms with E-state index in [9.17, 15) is 0 Å². The third kappa shape index (κ3) is 3.14. The quantitative estimate of drug-likeness (QED) is 0.866. The Morgan fingerprint density at radius 3 is 2.86 bits per heavy atom. The summed E-state index contributed by atoms with van der Waals surface area (Å²) in [7, 11) is 1.73. The van der Waals surface area contributed by atoms with E-state index in [1.54, 1.807) is 7.11 Å². The van der Waals surface area contributed by atoms with Crippen LogP contribution in [0.25, 0.3) is 0 Å². The van der Waals surface area contributed by atoms with Crippen LogP contribution < -0.4 is 4.74 Å². The fraction of sp³-hybridized carbons (Fsp3) is 0.529. The van der Waals surface area contributed by atoms with Gasteiger partial charge in [-0.05, 0) is 24.8 Å². The monoisotopic (exact) mass is 301 g/mol. The van der Waals surface area contributed by atoms with Crippen LogP contribution in [0, 0.1) is 12.8 Å². The molecule has 0 unspecified atom stereocenters. The molecule has 1 aliphatic heterocycles. The summed E-state index contributed by atoms with van der Waals surface area (Å²) in [6, 6.07) is 8.62. The molecule has 0 amide bonds. The molecule has 1 fully saturated rings. The number of hydrogen-bond acceptors (Lipinski definition) is 5. The average molecular weight is 301 g/mol. The minimum atomic E-state index is 0.339. The Labute approximate surface area is 131 Å². The van der Waals surface area contributed by atoms with Crippen molar-refractivity contribution in [3.05, 3.63) is 41.5 Å². The molecule has 5 nitrogen and oxygen atoms in total. The minimum absolute atomic E-state index is 0.339. The first-order valence-electron chi connectivity index (χ1n) is 7.83. The smallest absolute Gasteiger partial charge is 0.223 e. The van der Waals surface area contributed by atoms with Crippen molar-refractivity contribution in [3.8, 4) is 5.75 Å². The van der Waals surface area contributed by atoms with Crippen molar-refractivity contribution in [2.24, 2.45) is 5.92 Å². The van der Waals surface area contributed by atoms with Crippen LogP contribution in [0.1, 0.15) is 43.1 Å². The summed E-state index contributed by atoms with van der Waals surface area (Å²) in [5, 5.41) is 4.05. The number of aryl methyl sites for hydroxylation is 1. The first kappa shape index (κ1) is 15.0. The SMILES string of the molecule is COc1ccccc1[C@@H]1CC[C@@H](C)CN1Cc1noc(C)n1. The molecule has 3 rings (SSSR count). The number of ether oxygens (including phenoxy) is 1. The van der Waals surface area contributed by atoms with Crippen LogP contribution in [0.3, 0.4) is 0 Å². The van der Waals surface area contributed by atoms with Gasteiger partial charge in [0, 0.05) is 25.1 Å². The Balaban J connectivity index is 1.86. The van der Waals surface area contributed by atoms with Gasteiger partial charge in [0.05, 0.1) is 13.7 Å². The fourth-order valence-electron chi connectivity index (χ4n) is 3.30. The van der Waals surface area contributed by atoms with Gasteiger partial charge in [-0.3, -0.25) is 4.90 Å². The molecule has 22 heavy (non-hydrogen) atoms. The maximum Gasteiger partial charge on any atom is 0.223 e. The largest absolute Gasteiger partial charge is 0.496 e. The Morgan fingerprint density at radius 2 is 2.14 bits per heavy atom. The second-order valence-corrected chi connectivity index (χ2v) is 6.10. The molecule has 1 aromatic heterocycles. The molecule has 2 atom stereocenters. The van der Waals surface area contributed by atoms with Crippen LogP contribution in [0.4, 0.5) is 0 Å². The van der Waals surface area contributed by atoms with Gasteiger partial charge in [-0.15, -0.1) is 0 Å². The fourth-order valence-corrected chi connectivity index (χ4v) is 3.30. The number of benzene rings is 1. The number of hydrogen-bond donors (Lipinski definition) is 0. The summed E-state index contributed by atoms with van der Waals surface area (Å²) in [4.78, 5) is 6.79. The van der Waals surface area contributed by atoms with Gasteiger partial charge < -0.3 is 9.26 Å². The van der Waals surface area contributed by atoms with E-state index in [0.29, 0.717) is 24.4 Å². The molecule has 1 aliphatic rings. The van der Waals surface area contributed by atoms with E-state index in [0.717, 1.165) is 24.5 Å². The lowest BCUT2D eigenvalue weighted by Crippen LogP contribution is -2.37. The summed E-state index contributed by atoms with van der Waals surface area (Å²) < 4.78 is 10.7. The summed E-state index contributed by atoms with van der Waals surface area (Å²) in [6.45, 7) is 5.88. The highest BCUT2D eigenvalue weighted by Gasteiger charge is 2.30. The molecule has 1 saturated heterocycles. The standard InChI is InChI=1S/C17H23N3O2/c1-12-8-9-15(14-6-4-5-7-16(14)21-3)20(10-12)11-17-18-13(2)22-19-17/h4-7,12,15H,8-11H2,1-3H3/t12-,15+/m1/s1. The van der Waals surface area contributed by atoms with E-state index in [-0.39, 0.29) is 0 Å². The molecule has 0 bridgehead atoms. The number of piperidine rings is 1. The van der Waals surface area contributed by atoms with Gasteiger partial charge in [-0.25, -0.2) is 0 Å². The first-order valence-corrected chi connectivity index (χ1v) is 7.83. The van der Waals surface area contributed by atoms with Crippen molar-refractivity contribution in [2.75, 3.05) is 13.7 Å². The molecule has 0 spiro atoms. The average Bonchev–Trinajstić information content (AvgIpc) is 2.93. The summed E-state index contributed by atoms with van der Waals surface area (Å²) in [6.07, 6.45) is 2.35. The maximum atomic E-state index is 5.55. The molecule has 2 aromatic rings. The Hall–Kier alpha value is -1.88. The van der Waals surface area contributed by atoms with E-state index >= 15 is 0 Å². The molecular weight excluding hydrogens is 278 g/mol. The highest BCUT2D eigenvalue weighted by atomic mass is 16.5. The van der Waals surface area contributed by atoms with Gasteiger partial charge in [0.15, 0.2) is 5.82 Å². The predicted octanol–water partition coefficient (Wildman–Crippen LogP) is 3.36. The third-order valence-corrected chi connectivity index (χ3v) is 4.33. The summed E-state index contributed by atoms with van der Waals surface area (Å²) in [5.74, 6) is 3.01. The van der Waals surface area contributed by atoms with E-state index in [4.69, 9.17) is 9.26 Å². The third-order valence-electron chi connectivity index (χ3n) is 4.33. The van der Waals surface area contributed by atoms with Crippen molar-refractivity contribution in [1.29, 1.82) is 0 Å². The van der Waals surface area contributed by atoms with Crippen LogP contribution in [-0.4, -0.2) is 28.7 Å². The summed E-state index contributed by atoms with van der Waals surface area (Å²) in [5.41, 5.74) is 1.25. The molecule has 0 aliphatic carbocycles. The molecule has 0 radical (unpaired) electrons. The number of nitrogens with zero attached hydrogens (tertiary/aromatic N) is 3. The zero-order valence-electron chi connectivity index (χ0n) is 13.5. The number of para-hydroxylation sites is 1. The Morgan fingerprint density at radius 1 is 1.32 bits per heavy atom. The lowest BCUT2D eigenvalue weighted by Gasteiger charge is -2.38. The zero-order valence-corrected chi connectivity index (χ0v) is 13.5. The van der Waals surface area contributed by atoms with Crippen LogP contribution in [0.5, 0.6) is 5.75 Å². The van der Waals surface area contributed by atoms with E-state index in [2.05, 4.69) is 34.1 Å². The lowest BCUT2D eigenvalue weighted by atomic mass is 9.89. The van der Waals surface area contributed by atoms with Gasteiger partial charge in [0.25, 0.3) is 0 Å². The molecular formula is C17H23N3O2. The number of rotatable bonds is 4. The van der Waals surface area contributed by atoms with Crippen molar-refractivity contribution in [1.82, 2.24) is 15.0 Å². The van der Waals surface area contributed by atoms with E-state index in [1.165, 1.54) is 12.0 Å². The molecule has 0 N–H and O–H groups in total. The van der Waals surface area contributed by atoms with Gasteiger partial charge in [-0.1, -0.05) is 30.3 Å². The highest BCUT2D eigenvalue weighted by Crippen LogP contribution is 2.38. The normalized spacial score (nSPS) is 22.7. The first-order chi connectivity index (χ1) is 10.7. The van der Waals surface area contributed by atoms with Crippen molar-refractivity contribution in [3.63, 3.8) is 0 Å². The maximum absolute atomic E-state index is 5.55. The van der Waals surface area contributed by atoms with Gasteiger partial charge in [0.2, 0.25) is 5.89 Å². The van der Waals surface area contributed by atoms with Crippen LogP contribution >= 0.6 is 0 Å². The van der Waals surface area contributed by atoms with E-state index < -0.39 is 0 Å². The minimum Gasteiger partial charge on any atom is -0.496 e. The van der Waals surface area contributed by atoms with Crippen molar-refractivity contribution in [2.45, 2.75) is 39.3 Å². The van der Waals surface area contributed by atoms with Gasteiger partial charge in [-0.2, -0.15) is 4.98 Å². The number of methoxy groups -OCH3 is 1. The van der Waals surface area contributed by atoms with E-state index in [1.807, 2.05) is 19.1 Å². The number of aromatic nitrogens is 2. The zero-order chi connectivity index (χ0) is 15.5. The second kappa shape index (κ2) is 6.48. The second-order valence-electron chi connectivity index (χ2n) is 6.10. The lowest BCUT2D eigenvalue weighted by molar-refractivity contribution is 0.100. The Bertz CT molecular complexity index is 626.